The number of carbonyl (C=O) groups is 1. The third-order valence-corrected chi connectivity index (χ3v) is 2.59. The summed E-state index contributed by atoms with van der Waals surface area (Å²) in [4.78, 5) is 12.5. The minimum Gasteiger partial charge on any atom is -0.465 e. The summed E-state index contributed by atoms with van der Waals surface area (Å²) < 4.78 is 0. The lowest BCUT2D eigenvalue weighted by molar-refractivity contribution is 0.124. The second-order valence-electron chi connectivity index (χ2n) is 3.57. The molecule has 1 heterocycles. The molecule has 2 N–H and O–H groups in total. The molecule has 1 saturated heterocycles. The lowest BCUT2D eigenvalue weighted by atomic mass is 10.2. The minimum absolute atomic E-state index is 0. The summed E-state index contributed by atoms with van der Waals surface area (Å²) in [5.41, 5.74) is 0. The normalized spacial score (nSPS) is 26.6. The van der Waals surface area contributed by atoms with Gasteiger partial charge in [0, 0.05) is 18.6 Å². The van der Waals surface area contributed by atoms with Crippen LogP contribution in [0.2, 0.25) is 0 Å². The highest BCUT2D eigenvalue weighted by atomic mass is 35.5. The molecule has 5 heteroatoms. The Labute approximate surface area is 83.7 Å². The van der Waals surface area contributed by atoms with Crippen LogP contribution in [-0.4, -0.2) is 41.3 Å². The topological polar surface area (TPSA) is 52.6 Å². The maximum absolute atomic E-state index is 10.9. The van der Waals surface area contributed by atoms with Crippen LogP contribution in [-0.2, 0) is 0 Å². The van der Waals surface area contributed by atoms with Crippen molar-refractivity contribution in [3.05, 3.63) is 0 Å². The van der Waals surface area contributed by atoms with Crippen LogP contribution in [0.15, 0.2) is 0 Å². The molecule has 0 bridgehead atoms. The first-order valence-corrected chi connectivity index (χ1v) is 4.51. The molecular weight excluding hydrogens is 192 g/mol. The molecule has 13 heavy (non-hydrogen) atoms. The summed E-state index contributed by atoms with van der Waals surface area (Å²) in [6.07, 6.45) is 2.35. The molecule has 0 aromatic heterocycles. The molecule has 2 aliphatic rings. The van der Waals surface area contributed by atoms with Crippen molar-refractivity contribution in [2.24, 2.45) is 0 Å². The van der Waals surface area contributed by atoms with Crippen molar-refractivity contribution in [2.75, 3.05) is 13.1 Å². The van der Waals surface area contributed by atoms with Gasteiger partial charge < -0.3 is 15.3 Å². The van der Waals surface area contributed by atoms with Gasteiger partial charge in [0.1, 0.15) is 0 Å². The molecule has 2 rings (SSSR count). The maximum Gasteiger partial charge on any atom is 0.407 e. The largest absolute Gasteiger partial charge is 0.465 e. The Morgan fingerprint density at radius 2 is 2.00 bits per heavy atom. The molecule has 76 valence electrons. The molecule has 1 aliphatic carbocycles. The number of nitrogens with zero attached hydrogens (tertiary/aromatic N) is 1. The van der Waals surface area contributed by atoms with Gasteiger partial charge in [-0.05, 0) is 25.8 Å². The summed E-state index contributed by atoms with van der Waals surface area (Å²) in [7, 11) is 0. The molecule has 4 nitrogen and oxygen atoms in total. The first kappa shape index (κ1) is 10.6. The summed E-state index contributed by atoms with van der Waals surface area (Å²) >= 11 is 0. The zero-order valence-corrected chi connectivity index (χ0v) is 8.22. The number of rotatable bonds is 2. The molecule has 0 aromatic rings. The first-order valence-electron chi connectivity index (χ1n) is 4.51. The molecule has 0 spiro atoms. The smallest absolute Gasteiger partial charge is 0.407 e. The molecule has 0 radical (unpaired) electrons. The van der Waals surface area contributed by atoms with Crippen LogP contribution in [0.4, 0.5) is 4.79 Å². The fourth-order valence-electron chi connectivity index (χ4n) is 1.84. The average Bonchev–Trinajstić information content (AvgIpc) is 2.65. The van der Waals surface area contributed by atoms with Crippen LogP contribution >= 0.6 is 12.4 Å². The number of hydrogen-bond donors (Lipinski definition) is 2. The molecule has 1 saturated carbocycles. The van der Waals surface area contributed by atoms with Crippen molar-refractivity contribution < 1.29 is 9.90 Å². The molecule has 2 fully saturated rings. The van der Waals surface area contributed by atoms with E-state index in [4.69, 9.17) is 5.11 Å². The van der Waals surface area contributed by atoms with Gasteiger partial charge in [0.25, 0.3) is 0 Å². The van der Waals surface area contributed by atoms with E-state index in [9.17, 15) is 4.79 Å². The van der Waals surface area contributed by atoms with Crippen LogP contribution in [0.25, 0.3) is 0 Å². The molecule has 1 unspecified atom stereocenters. The Morgan fingerprint density at radius 3 is 2.38 bits per heavy atom. The monoisotopic (exact) mass is 206 g/mol. The van der Waals surface area contributed by atoms with Gasteiger partial charge >= 0.3 is 6.09 Å². The van der Waals surface area contributed by atoms with E-state index >= 15 is 0 Å². The van der Waals surface area contributed by atoms with Gasteiger partial charge in [0.2, 0.25) is 0 Å². The van der Waals surface area contributed by atoms with E-state index in [1.807, 2.05) is 0 Å². The van der Waals surface area contributed by atoms with Crippen molar-refractivity contribution in [3.8, 4) is 0 Å². The number of amides is 1. The summed E-state index contributed by atoms with van der Waals surface area (Å²) in [5, 5.41) is 12.1. The minimum atomic E-state index is -0.744. The highest BCUT2D eigenvalue weighted by molar-refractivity contribution is 5.85. The highest BCUT2D eigenvalue weighted by Crippen LogP contribution is 2.30. The molecular formula is C8H15ClN2O2. The van der Waals surface area contributed by atoms with Crippen LogP contribution in [0.5, 0.6) is 0 Å². The van der Waals surface area contributed by atoms with E-state index in [0.717, 1.165) is 32.4 Å². The molecule has 1 amide bonds. The maximum atomic E-state index is 10.9. The van der Waals surface area contributed by atoms with E-state index in [1.165, 1.54) is 0 Å². The van der Waals surface area contributed by atoms with Crippen molar-refractivity contribution in [2.45, 2.75) is 31.3 Å². The predicted octanol–water partition coefficient (Wildman–Crippen LogP) is 0.913. The highest BCUT2D eigenvalue weighted by Gasteiger charge is 2.38. The predicted molar refractivity (Wildman–Crippen MR) is 51.4 cm³/mol. The zero-order chi connectivity index (χ0) is 8.55. The Hall–Kier alpha value is -0.480. The zero-order valence-electron chi connectivity index (χ0n) is 7.40. The van der Waals surface area contributed by atoms with Crippen LogP contribution in [0, 0.1) is 0 Å². The molecule has 1 aliphatic heterocycles. The van der Waals surface area contributed by atoms with Crippen molar-refractivity contribution >= 4 is 18.5 Å². The third kappa shape index (κ3) is 2.25. The number of nitrogens with one attached hydrogen (secondary N) is 1. The fraction of sp³-hybridized carbons (Fsp3) is 0.875. The third-order valence-electron chi connectivity index (χ3n) is 2.59. The van der Waals surface area contributed by atoms with Crippen molar-refractivity contribution in [3.63, 3.8) is 0 Å². The quantitative estimate of drug-likeness (QED) is 0.706. The lowest BCUT2D eigenvalue weighted by Gasteiger charge is -2.24. The van der Waals surface area contributed by atoms with Gasteiger partial charge in [0.05, 0.1) is 0 Å². The van der Waals surface area contributed by atoms with Gasteiger partial charge in [-0.15, -0.1) is 12.4 Å². The lowest BCUT2D eigenvalue weighted by Crippen LogP contribution is -2.42. The van der Waals surface area contributed by atoms with E-state index in [-0.39, 0.29) is 18.4 Å². The van der Waals surface area contributed by atoms with Crippen molar-refractivity contribution in [1.82, 2.24) is 10.2 Å². The number of hydrogen-bond acceptors (Lipinski definition) is 2. The van der Waals surface area contributed by atoms with Gasteiger partial charge in [-0.3, -0.25) is 0 Å². The van der Waals surface area contributed by atoms with Gasteiger partial charge in [-0.1, -0.05) is 0 Å². The van der Waals surface area contributed by atoms with Gasteiger partial charge in [-0.25, -0.2) is 4.79 Å². The number of carboxylic acid groups (broad SMARTS) is 1. The molecule has 0 aromatic carbocycles. The van der Waals surface area contributed by atoms with Crippen LogP contribution in [0.1, 0.15) is 19.3 Å². The second-order valence-corrected chi connectivity index (χ2v) is 3.57. The fourth-order valence-corrected chi connectivity index (χ4v) is 1.84. The Balaban J connectivity index is 0.000000845. The van der Waals surface area contributed by atoms with Crippen LogP contribution < -0.4 is 5.32 Å². The average molecular weight is 207 g/mol. The van der Waals surface area contributed by atoms with Crippen LogP contribution in [0.3, 0.4) is 0 Å². The van der Waals surface area contributed by atoms with Gasteiger partial charge in [0.15, 0.2) is 0 Å². The summed E-state index contributed by atoms with van der Waals surface area (Å²) in [6, 6.07) is 0.558. The second kappa shape index (κ2) is 4.15. The Kier molecular flexibility index (Phi) is 3.39. The Bertz CT molecular complexity index is 191. The summed E-state index contributed by atoms with van der Waals surface area (Å²) in [5.74, 6) is 0. The van der Waals surface area contributed by atoms with Gasteiger partial charge in [-0.2, -0.15) is 0 Å². The SMILES string of the molecule is Cl.O=C(O)N(C1CC1)C1CCNC1. The van der Waals surface area contributed by atoms with E-state index in [1.54, 1.807) is 4.90 Å². The Morgan fingerprint density at radius 1 is 1.31 bits per heavy atom. The summed E-state index contributed by atoms with van der Waals surface area (Å²) in [6.45, 7) is 1.80. The standard InChI is InChI=1S/C8H14N2O2.ClH/c11-8(12)10(6-1-2-6)7-3-4-9-5-7;/h6-7,9H,1-5H2,(H,11,12);1H. The van der Waals surface area contributed by atoms with E-state index in [2.05, 4.69) is 5.32 Å². The van der Waals surface area contributed by atoms with Crippen molar-refractivity contribution in [1.29, 1.82) is 0 Å². The van der Waals surface area contributed by atoms with E-state index in [0.29, 0.717) is 6.04 Å². The van der Waals surface area contributed by atoms with E-state index < -0.39 is 6.09 Å². The first-order chi connectivity index (χ1) is 5.79. The molecule has 1 atom stereocenters. The number of halogens is 1.